The zero-order chi connectivity index (χ0) is 35.3. The third kappa shape index (κ3) is 5.51. The van der Waals surface area contributed by atoms with Crippen molar-refractivity contribution in [2.75, 3.05) is 0 Å². The molecule has 0 atom stereocenters. The molecule has 53 heavy (non-hydrogen) atoms. The minimum atomic E-state index is 0.929. The number of furan rings is 1. The van der Waals surface area contributed by atoms with E-state index in [4.69, 9.17) is 4.42 Å². The lowest BCUT2D eigenvalue weighted by atomic mass is 9.90. The number of fused-ring (bicyclic) bond motifs is 6. The maximum Gasteiger partial charge on any atom is 0.135 e. The summed E-state index contributed by atoms with van der Waals surface area (Å²) in [4.78, 5) is 0. The Bertz CT molecular complexity index is 2960. The van der Waals surface area contributed by atoms with Crippen LogP contribution in [-0.4, -0.2) is 4.57 Å². The molecule has 0 N–H and O–H groups in total. The minimum Gasteiger partial charge on any atom is -0.456 e. The van der Waals surface area contributed by atoms with Crippen LogP contribution in [0.5, 0.6) is 0 Å². The van der Waals surface area contributed by atoms with Gasteiger partial charge < -0.3 is 8.98 Å². The summed E-state index contributed by atoms with van der Waals surface area (Å²) < 4.78 is 8.47. The Morgan fingerprint density at radius 2 is 1.08 bits per heavy atom. The largest absolute Gasteiger partial charge is 0.456 e. The normalized spacial score (nSPS) is 11.6. The molecule has 0 spiro atoms. The summed E-state index contributed by atoms with van der Waals surface area (Å²) in [6, 6.07) is 66.1. The number of para-hydroxylation sites is 3. The predicted molar refractivity (Wildman–Crippen MR) is 223 cm³/mol. The highest BCUT2D eigenvalue weighted by Gasteiger charge is 2.15. The lowest BCUT2D eigenvalue weighted by Gasteiger charge is -2.15. The SMILES string of the molecule is Cc1ccc(-c2ccc3c(c2)c2ccccc2n3-c2ccccc2)cc1-c1ccccc1CCc1cccc(-c2ccc3oc4ccccc4c3c2)c1. The van der Waals surface area contributed by atoms with Gasteiger partial charge in [-0.05, 0) is 124 Å². The van der Waals surface area contributed by atoms with Crippen molar-refractivity contribution in [2.45, 2.75) is 19.8 Å². The maximum absolute atomic E-state index is 6.09. The number of nitrogens with zero attached hydrogens (tertiary/aromatic N) is 1. The third-order valence-electron chi connectivity index (χ3n) is 10.9. The van der Waals surface area contributed by atoms with E-state index in [2.05, 4.69) is 181 Å². The standard InChI is InChI=1S/C51H37NO/c1-34-22-24-38(39-26-28-49-46(32-39)43-18-7-9-20-48(43)52(49)41-15-3-2-4-16-41)31-45(34)42-17-6-5-13-36(42)25-23-35-12-11-14-37(30-35)40-27-29-51-47(33-40)44-19-8-10-21-50(44)53-51/h2-22,24,26-33H,23,25H2,1H3. The highest BCUT2D eigenvalue weighted by molar-refractivity contribution is 6.10. The summed E-state index contributed by atoms with van der Waals surface area (Å²) >= 11 is 0. The van der Waals surface area contributed by atoms with Gasteiger partial charge in [-0.2, -0.15) is 0 Å². The number of aryl methyl sites for hydroxylation is 3. The van der Waals surface area contributed by atoms with Gasteiger partial charge in [0.15, 0.2) is 0 Å². The van der Waals surface area contributed by atoms with Crippen LogP contribution in [-0.2, 0) is 12.8 Å². The van der Waals surface area contributed by atoms with Gasteiger partial charge >= 0.3 is 0 Å². The molecule has 0 radical (unpaired) electrons. The number of hydrogen-bond donors (Lipinski definition) is 0. The van der Waals surface area contributed by atoms with E-state index >= 15 is 0 Å². The molecule has 10 rings (SSSR count). The number of hydrogen-bond acceptors (Lipinski definition) is 1. The molecule has 10 aromatic rings. The lowest BCUT2D eigenvalue weighted by Crippen LogP contribution is -1.96. The Hall–Kier alpha value is -6.64. The van der Waals surface area contributed by atoms with Gasteiger partial charge in [-0.3, -0.25) is 0 Å². The van der Waals surface area contributed by atoms with Gasteiger partial charge in [0.05, 0.1) is 11.0 Å². The molecule has 0 aliphatic rings. The molecule has 252 valence electrons. The van der Waals surface area contributed by atoms with Gasteiger partial charge in [0.1, 0.15) is 11.2 Å². The maximum atomic E-state index is 6.09. The van der Waals surface area contributed by atoms with E-state index in [-0.39, 0.29) is 0 Å². The molecule has 0 saturated heterocycles. The summed E-state index contributed by atoms with van der Waals surface area (Å²) in [6.45, 7) is 2.23. The molecular formula is C51H37NO. The molecule has 2 heteroatoms. The topological polar surface area (TPSA) is 18.1 Å². The van der Waals surface area contributed by atoms with Crippen LogP contribution in [0.4, 0.5) is 0 Å². The van der Waals surface area contributed by atoms with E-state index in [1.807, 2.05) is 12.1 Å². The second-order valence-corrected chi connectivity index (χ2v) is 14.1. The molecule has 2 aromatic heterocycles. The quantitative estimate of drug-likeness (QED) is 0.164. The zero-order valence-corrected chi connectivity index (χ0v) is 29.6. The molecular weight excluding hydrogens is 643 g/mol. The van der Waals surface area contributed by atoms with Gasteiger partial charge in [0, 0.05) is 27.2 Å². The lowest BCUT2D eigenvalue weighted by molar-refractivity contribution is 0.669. The van der Waals surface area contributed by atoms with E-state index in [1.165, 1.54) is 77.6 Å². The first-order chi connectivity index (χ1) is 26.2. The smallest absolute Gasteiger partial charge is 0.135 e. The summed E-state index contributed by atoms with van der Waals surface area (Å²) in [5.74, 6) is 0. The second-order valence-electron chi connectivity index (χ2n) is 14.1. The molecule has 0 amide bonds. The van der Waals surface area contributed by atoms with Crippen molar-refractivity contribution in [2.24, 2.45) is 0 Å². The second kappa shape index (κ2) is 12.8. The van der Waals surface area contributed by atoms with Gasteiger partial charge in [0.2, 0.25) is 0 Å². The average molecular weight is 680 g/mol. The fourth-order valence-corrected chi connectivity index (χ4v) is 8.19. The summed E-state index contributed by atoms with van der Waals surface area (Å²) in [7, 11) is 0. The van der Waals surface area contributed by atoms with Crippen molar-refractivity contribution in [3.05, 3.63) is 199 Å². The average Bonchev–Trinajstić information content (AvgIpc) is 3.76. The fraction of sp³-hybridized carbons (Fsp3) is 0.0588. The van der Waals surface area contributed by atoms with Crippen LogP contribution in [0.25, 0.3) is 82.8 Å². The number of rotatable bonds is 7. The molecule has 2 nitrogen and oxygen atoms in total. The van der Waals surface area contributed by atoms with Crippen LogP contribution in [0, 0.1) is 6.92 Å². The van der Waals surface area contributed by atoms with Crippen molar-refractivity contribution in [3.63, 3.8) is 0 Å². The van der Waals surface area contributed by atoms with Crippen LogP contribution in [0.3, 0.4) is 0 Å². The summed E-state index contributed by atoms with van der Waals surface area (Å²) in [6.07, 6.45) is 1.92. The van der Waals surface area contributed by atoms with Crippen LogP contribution in [0.15, 0.2) is 186 Å². The Labute approximate surface area is 309 Å². The summed E-state index contributed by atoms with van der Waals surface area (Å²) in [5, 5.41) is 4.86. The van der Waals surface area contributed by atoms with E-state index in [9.17, 15) is 0 Å². The van der Waals surface area contributed by atoms with E-state index in [0.717, 1.165) is 34.8 Å². The van der Waals surface area contributed by atoms with Crippen LogP contribution in [0.2, 0.25) is 0 Å². The third-order valence-corrected chi connectivity index (χ3v) is 10.9. The fourth-order valence-electron chi connectivity index (χ4n) is 8.19. The molecule has 0 unspecified atom stereocenters. The van der Waals surface area contributed by atoms with Crippen LogP contribution < -0.4 is 0 Å². The van der Waals surface area contributed by atoms with E-state index < -0.39 is 0 Å². The number of aromatic nitrogens is 1. The molecule has 0 aliphatic carbocycles. The van der Waals surface area contributed by atoms with Crippen LogP contribution in [0.1, 0.15) is 16.7 Å². The van der Waals surface area contributed by atoms with Crippen molar-refractivity contribution in [3.8, 4) is 39.1 Å². The monoisotopic (exact) mass is 679 g/mol. The minimum absolute atomic E-state index is 0.929. The predicted octanol–water partition coefficient (Wildman–Crippen LogP) is 13.8. The molecule has 0 saturated carbocycles. The Kier molecular flexibility index (Phi) is 7.54. The first kappa shape index (κ1) is 31.1. The molecule has 0 bridgehead atoms. The first-order valence-electron chi connectivity index (χ1n) is 18.5. The first-order valence-corrected chi connectivity index (χ1v) is 18.5. The Balaban J connectivity index is 0.965. The van der Waals surface area contributed by atoms with E-state index in [1.54, 1.807) is 0 Å². The van der Waals surface area contributed by atoms with Crippen molar-refractivity contribution in [1.82, 2.24) is 4.57 Å². The molecule has 8 aromatic carbocycles. The van der Waals surface area contributed by atoms with Gasteiger partial charge in [-0.25, -0.2) is 0 Å². The van der Waals surface area contributed by atoms with Gasteiger partial charge in [-0.1, -0.05) is 127 Å². The Morgan fingerprint density at radius 3 is 1.98 bits per heavy atom. The summed E-state index contributed by atoms with van der Waals surface area (Å²) in [5.41, 5.74) is 17.0. The van der Waals surface area contributed by atoms with Gasteiger partial charge in [0.25, 0.3) is 0 Å². The Morgan fingerprint density at radius 1 is 0.415 bits per heavy atom. The number of benzene rings is 8. The van der Waals surface area contributed by atoms with Crippen molar-refractivity contribution < 1.29 is 4.42 Å². The molecule has 2 heterocycles. The highest BCUT2D eigenvalue weighted by atomic mass is 16.3. The zero-order valence-electron chi connectivity index (χ0n) is 29.6. The highest BCUT2D eigenvalue weighted by Crippen LogP contribution is 2.38. The van der Waals surface area contributed by atoms with Crippen LogP contribution >= 0.6 is 0 Å². The molecule has 0 aliphatic heterocycles. The van der Waals surface area contributed by atoms with Crippen molar-refractivity contribution in [1.29, 1.82) is 0 Å². The van der Waals surface area contributed by atoms with Gasteiger partial charge in [-0.15, -0.1) is 0 Å². The van der Waals surface area contributed by atoms with Crippen molar-refractivity contribution >= 4 is 43.7 Å². The molecule has 0 fully saturated rings. The van der Waals surface area contributed by atoms with E-state index in [0.29, 0.717) is 0 Å².